The van der Waals surface area contributed by atoms with Gasteiger partial charge in [-0.2, -0.15) is 0 Å². The fraction of sp³-hybridized carbons (Fsp3) is 1.00. The van der Waals surface area contributed by atoms with Crippen LogP contribution in [-0.4, -0.2) is 30.1 Å². The molecule has 0 spiro atoms. The molecule has 0 N–H and O–H groups in total. The van der Waals surface area contributed by atoms with Gasteiger partial charge in [0, 0.05) is 0 Å². The van der Waals surface area contributed by atoms with Gasteiger partial charge < -0.3 is 0 Å². The summed E-state index contributed by atoms with van der Waals surface area (Å²) >= 11 is -1.35. The van der Waals surface area contributed by atoms with E-state index in [9.17, 15) is 0 Å². The van der Waals surface area contributed by atoms with E-state index in [-0.39, 0.29) is 0 Å². The summed E-state index contributed by atoms with van der Waals surface area (Å²) in [4.78, 5) is 2.53. The topological polar surface area (TPSA) is 12.5 Å². The van der Waals surface area contributed by atoms with Gasteiger partial charge in [-0.25, -0.2) is 0 Å². The molecule has 0 amide bonds. The first kappa shape index (κ1) is 9.69. The predicted molar refractivity (Wildman–Crippen MR) is 44.5 cm³/mol. The van der Waals surface area contributed by atoms with Crippen molar-refractivity contribution >= 4 is 8.25 Å². The Bertz CT molecular complexity index is 155. The van der Waals surface area contributed by atoms with Crippen molar-refractivity contribution in [3.63, 3.8) is 0 Å². The van der Waals surface area contributed by atoms with E-state index in [0.29, 0.717) is 6.10 Å². The molecule has 2 aliphatic rings. The Hall–Kier alpha value is 1.15. The number of piperidine rings is 1. The van der Waals surface area contributed by atoms with E-state index < -0.39 is 23.8 Å². The molecule has 0 radical (unpaired) electrons. The van der Waals surface area contributed by atoms with Crippen molar-refractivity contribution in [2.75, 3.05) is 7.05 Å². The van der Waals surface area contributed by atoms with Crippen molar-refractivity contribution in [3.8, 4) is 0 Å². The molecule has 4 heteroatoms. The van der Waals surface area contributed by atoms with Crippen LogP contribution in [0, 0.1) is 0 Å². The number of hydrogen-bond acceptors (Lipinski definition) is 2. The van der Waals surface area contributed by atoms with Crippen LogP contribution in [0.1, 0.15) is 25.7 Å². The molecule has 0 aromatic carbocycles. The molecule has 2 bridgehead atoms. The predicted octanol–water partition coefficient (Wildman–Crippen LogP) is 1.78. The molecule has 0 aromatic heterocycles. The quantitative estimate of drug-likeness (QED) is 0.682. The summed E-state index contributed by atoms with van der Waals surface area (Å²) in [7, 11) is 8.03. The minimum absolute atomic E-state index is 0.526. The molecule has 66 valence electrons. The van der Waals surface area contributed by atoms with Gasteiger partial charge in [0.2, 0.25) is 0 Å². The first-order chi connectivity index (χ1) is 5.81. The second kappa shape index (κ2) is 4.12. The standard InChI is InChI=1S/C8H14NO.ClH.Hg/c1-9-6-2-3-7(9)5-8(10)4-6;;/h6-8H,2-5H2,1H3;1H;/q-1;;+2/p-1. The molecule has 2 atom stereocenters. The van der Waals surface area contributed by atoms with Crippen molar-refractivity contribution in [2.45, 2.75) is 43.9 Å². The first-order valence-corrected chi connectivity index (χ1v) is 13.7. The van der Waals surface area contributed by atoms with Crippen molar-refractivity contribution in [1.82, 2.24) is 4.90 Å². The molecule has 2 heterocycles. The summed E-state index contributed by atoms with van der Waals surface area (Å²) in [5.41, 5.74) is 0. The Kier molecular flexibility index (Phi) is 3.32. The monoisotopic (exact) mass is 377 g/mol. The summed E-state index contributed by atoms with van der Waals surface area (Å²) in [5.74, 6) is 0. The SMILES string of the molecule is CN1C2CCC1CC([O][Hg][Cl])C2. The molecular weight excluding hydrogens is 362 g/mol. The number of rotatable bonds is 2. The van der Waals surface area contributed by atoms with E-state index in [1.54, 1.807) is 0 Å². The average Bonchev–Trinajstić information content (AvgIpc) is 2.33. The number of nitrogens with zero attached hydrogens (tertiary/aromatic N) is 1. The maximum absolute atomic E-state index is 5.77. The van der Waals surface area contributed by atoms with E-state index >= 15 is 0 Å². The Labute approximate surface area is 90.1 Å². The van der Waals surface area contributed by atoms with E-state index in [2.05, 4.69) is 11.9 Å². The second-order valence-corrected chi connectivity index (χ2v) is 7.98. The molecule has 2 unspecified atom stereocenters. The molecule has 0 aromatic rings. The van der Waals surface area contributed by atoms with Gasteiger partial charge in [-0.3, -0.25) is 0 Å². The summed E-state index contributed by atoms with van der Waals surface area (Å²) in [6.45, 7) is 0. The molecule has 2 saturated heterocycles. The van der Waals surface area contributed by atoms with Crippen LogP contribution in [0.5, 0.6) is 0 Å². The fourth-order valence-electron chi connectivity index (χ4n) is 2.59. The average molecular weight is 376 g/mol. The zero-order chi connectivity index (χ0) is 8.55. The van der Waals surface area contributed by atoms with Crippen molar-refractivity contribution in [2.24, 2.45) is 0 Å². The fourth-order valence-corrected chi connectivity index (χ4v) is 5.90. The Morgan fingerprint density at radius 2 is 1.92 bits per heavy atom. The Morgan fingerprint density at radius 1 is 1.33 bits per heavy atom. The van der Waals surface area contributed by atoms with Gasteiger partial charge in [-0.15, -0.1) is 0 Å². The molecular formula is C8H14ClHgNO. The van der Waals surface area contributed by atoms with Crippen LogP contribution in [0.25, 0.3) is 0 Å². The van der Waals surface area contributed by atoms with Crippen molar-refractivity contribution < 1.29 is 26.4 Å². The summed E-state index contributed by atoms with van der Waals surface area (Å²) in [6.07, 6.45) is 5.75. The van der Waals surface area contributed by atoms with Crippen LogP contribution < -0.4 is 0 Å². The minimum atomic E-state index is -1.35. The van der Waals surface area contributed by atoms with Gasteiger partial charge in [0.1, 0.15) is 0 Å². The zero-order valence-electron chi connectivity index (χ0n) is 7.50. The van der Waals surface area contributed by atoms with Gasteiger partial charge >= 0.3 is 90.5 Å². The van der Waals surface area contributed by atoms with Crippen LogP contribution in [-0.2, 0) is 26.4 Å². The van der Waals surface area contributed by atoms with Gasteiger partial charge in [0.15, 0.2) is 0 Å². The Morgan fingerprint density at radius 3 is 2.42 bits per heavy atom. The van der Waals surface area contributed by atoms with Gasteiger partial charge in [-0.1, -0.05) is 0 Å². The molecule has 0 saturated carbocycles. The molecule has 12 heavy (non-hydrogen) atoms. The molecule has 0 aliphatic carbocycles. The van der Waals surface area contributed by atoms with Crippen LogP contribution >= 0.6 is 8.25 Å². The number of hydrogen-bond donors (Lipinski definition) is 0. The third-order valence-corrected chi connectivity index (χ3v) is 6.78. The van der Waals surface area contributed by atoms with E-state index in [1.807, 2.05) is 0 Å². The van der Waals surface area contributed by atoms with Gasteiger partial charge in [0.05, 0.1) is 0 Å². The maximum atomic E-state index is 5.77. The second-order valence-electron chi connectivity index (χ2n) is 3.92. The van der Waals surface area contributed by atoms with Crippen molar-refractivity contribution in [3.05, 3.63) is 0 Å². The van der Waals surface area contributed by atoms with E-state index in [4.69, 9.17) is 10.9 Å². The van der Waals surface area contributed by atoms with Gasteiger partial charge in [0.25, 0.3) is 0 Å². The molecule has 2 fully saturated rings. The number of halogens is 1. The molecule has 2 aliphatic heterocycles. The van der Waals surface area contributed by atoms with Crippen LogP contribution in [0.15, 0.2) is 0 Å². The van der Waals surface area contributed by atoms with Crippen LogP contribution in [0.4, 0.5) is 0 Å². The third-order valence-electron chi connectivity index (χ3n) is 3.35. The first-order valence-electron chi connectivity index (χ1n) is 4.70. The van der Waals surface area contributed by atoms with Gasteiger partial charge in [-0.05, 0) is 0 Å². The number of fused-ring (bicyclic) bond motifs is 2. The van der Waals surface area contributed by atoms with E-state index in [1.165, 1.54) is 25.7 Å². The third kappa shape index (κ3) is 1.81. The summed E-state index contributed by atoms with van der Waals surface area (Å²) in [6, 6.07) is 1.59. The van der Waals surface area contributed by atoms with E-state index in [0.717, 1.165) is 12.1 Å². The summed E-state index contributed by atoms with van der Waals surface area (Å²) in [5, 5.41) is 0. The van der Waals surface area contributed by atoms with Crippen LogP contribution in [0.3, 0.4) is 0 Å². The van der Waals surface area contributed by atoms with Crippen LogP contribution in [0.2, 0.25) is 0 Å². The molecule has 2 nitrogen and oxygen atoms in total. The summed E-state index contributed by atoms with van der Waals surface area (Å²) < 4.78 is 5.67. The Balaban J connectivity index is 1.93. The normalized spacial score (nSPS) is 41.3. The zero-order valence-corrected chi connectivity index (χ0v) is 13.8. The molecule has 2 rings (SSSR count). The van der Waals surface area contributed by atoms with Crippen molar-refractivity contribution in [1.29, 1.82) is 0 Å².